The fourth-order valence-electron chi connectivity index (χ4n) is 2.69. The van der Waals surface area contributed by atoms with Crippen molar-refractivity contribution in [3.63, 3.8) is 0 Å². The van der Waals surface area contributed by atoms with Gasteiger partial charge < -0.3 is 10.0 Å². The summed E-state index contributed by atoms with van der Waals surface area (Å²) >= 11 is 0. The number of aromatic nitrogens is 3. The van der Waals surface area contributed by atoms with Crippen LogP contribution in [0, 0.1) is 13.8 Å². The zero-order valence-corrected chi connectivity index (χ0v) is 14.1. The van der Waals surface area contributed by atoms with Crippen LogP contribution in [0.25, 0.3) is 11.0 Å². The minimum atomic E-state index is -1.02. The normalized spacial score (nSPS) is 12.4. The molecule has 1 atom stereocenters. The first kappa shape index (κ1) is 16.9. The molecular weight excluding hydrogens is 296 g/mol. The molecule has 2 rings (SSSR count). The average molecular weight is 318 g/mol. The molecule has 124 valence electrons. The first-order chi connectivity index (χ1) is 10.8. The Morgan fingerprint density at radius 3 is 2.61 bits per heavy atom. The molecule has 0 aromatic carbocycles. The van der Waals surface area contributed by atoms with Gasteiger partial charge in [0.25, 0.3) is 5.91 Å². The van der Waals surface area contributed by atoms with Crippen LogP contribution in [0.1, 0.15) is 42.0 Å². The smallest absolute Gasteiger partial charge is 0.323 e. The molecular formula is C16H22N4O3. The molecule has 0 spiro atoms. The lowest BCUT2D eigenvalue weighted by Crippen LogP contribution is -2.42. The van der Waals surface area contributed by atoms with E-state index in [9.17, 15) is 9.59 Å². The van der Waals surface area contributed by atoms with Crippen molar-refractivity contribution in [1.29, 1.82) is 0 Å². The van der Waals surface area contributed by atoms with Crippen molar-refractivity contribution in [2.75, 3.05) is 6.54 Å². The maximum absolute atomic E-state index is 13.0. The third-order valence-corrected chi connectivity index (χ3v) is 4.02. The van der Waals surface area contributed by atoms with Crippen molar-refractivity contribution in [2.24, 2.45) is 7.05 Å². The van der Waals surface area contributed by atoms with E-state index in [1.165, 1.54) is 4.90 Å². The van der Waals surface area contributed by atoms with Gasteiger partial charge in [-0.2, -0.15) is 5.10 Å². The van der Waals surface area contributed by atoms with E-state index in [-0.39, 0.29) is 18.5 Å². The van der Waals surface area contributed by atoms with Gasteiger partial charge in [0, 0.05) is 18.8 Å². The van der Waals surface area contributed by atoms with Crippen molar-refractivity contribution in [2.45, 2.75) is 40.2 Å². The Labute approximate surface area is 134 Å². The lowest BCUT2D eigenvalue weighted by Gasteiger charge is -2.27. The predicted molar refractivity (Wildman–Crippen MR) is 86.4 cm³/mol. The van der Waals surface area contributed by atoms with Crippen LogP contribution in [0.3, 0.4) is 0 Å². The standard InChI is InChI=1S/C16H22N4O3/c1-6-10(3)20(8-13(21)22)16(23)12-7-9(2)17-15-14(12)11(4)18-19(15)5/h7,10H,6,8H2,1-5H3,(H,21,22). The van der Waals surface area contributed by atoms with E-state index in [1.54, 1.807) is 17.8 Å². The Bertz CT molecular complexity index is 766. The summed E-state index contributed by atoms with van der Waals surface area (Å²) < 4.78 is 1.64. The lowest BCUT2D eigenvalue weighted by atomic mass is 10.1. The Hall–Kier alpha value is -2.44. The van der Waals surface area contributed by atoms with Crippen molar-refractivity contribution in [3.8, 4) is 0 Å². The molecule has 23 heavy (non-hydrogen) atoms. The van der Waals surface area contributed by atoms with E-state index in [2.05, 4.69) is 10.1 Å². The second-order valence-corrected chi connectivity index (χ2v) is 5.80. The summed E-state index contributed by atoms with van der Waals surface area (Å²) in [6, 6.07) is 1.54. The van der Waals surface area contributed by atoms with Gasteiger partial charge in [0.15, 0.2) is 5.65 Å². The minimum absolute atomic E-state index is 0.168. The summed E-state index contributed by atoms with van der Waals surface area (Å²) in [5.41, 5.74) is 2.49. The molecule has 0 bridgehead atoms. The van der Waals surface area contributed by atoms with Crippen molar-refractivity contribution < 1.29 is 14.7 Å². The molecule has 1 amide bonds. The fourth-order valence-corrected chi connectivity index (χ4v) is 2.69. The molecule has 0 aliphatic rings. The van der Waals surface area contributed by atoms with E-state index in [1.807, 2.05) is 27.7 Å². The quantitative estimate of drug-likeness (QED) is 0.909. The van der Waals surface area contributed by atoms with Gasteiger partial charge in [-0.3, -0.25) is 14.3 Å². The van der Waals surface area contributed by atoms with Gasteiger partial charge in [0.05, 0.1) is 16.6 Å². The third kappa shape index (κ3) is 3.18. The summed E-state index contributed by atoms with van der Waals surface area (Å²) in [5, 5.41) is 14.1. The number of carbonyl (C=O) groups is 2. The topological polar surface area (TPSA) is 88.3 Å². The highest BCUT2D eigenvalue weighted by Crippen LogP contribution is 2.24. The Morgan fingerprint density at radius 1 is 1.39 bits per heavy atom. The summed E-state index contributed by atoms with van der Waals surface area (Å²) in [6.07, 6.45) is 0.679. The van der Waals surface area contributed by atoms with Gasteiger partial charge in [0.2, 0.25) is 0 Å². The molecule has 2 aromatic heterocycles. The monoisotopic (exact) mass is 318 g/mol. The highest BCUT2D eigenvalue weighted by Gasteiger charge is 2.26. The number of aryl methyl sites for hydroxylation is 3. The predicted octanol–water partition coefficient (Wildman–Crippen LogP) is 1.91. The summed E-state index contributed by atoms with van der Waals surface area (Å²) in [6.45, 7) is 7.08. The number of rotatable bonds is 5. The van der Waals surface area contributed by atoms with Crippen LogP contribution in [-0.4, -0.2) is 49.2 Å². The van der Waals surface area contributed by atoms with Crippen LogP contribution in [0.15, 0.2) is 6.07 Å². The number of aliphatic carboxylic acids is 1. The highest BCUT2D eigenvalue weighted by molar-refractivity contribution is 6.07. The van der Waals surface area contributed by atoms with Gasteiger partial charge in [-0.15, -0.1) is 0 Å². The largest absolute Gasteiger partial charge is 0.480 e. The van der Waals surface area contributed by atoms with E-state index in [0.29, 0.717) is 34.4 Å². The average Bonchev–Trinajstić information content (AvgIpc) is 2.77. The van der Waals surface area contributed by atoms with Crippen molar-refractivity contribution in [3.05, 3.63) is 23.0 Å². The van der Waals surface area contributed by atoms with Crippen LogP contribution >= 0.6 is 0 Å². The zero-order valence-electron chi connectivity index (χ0n) is 14.1. The Kier molecular flexibility index (Phi) is 4.68. The molecule has 1 N–H and O–H groups in total. The van der Waals surface area contributed by atoms with Gasteiger partial charge in [-0.1, -0.05) is 6.92 Å². The molecule has 0 aliphatic heterocycles. The summed E-state index contributed by atoms with van der Waals surface area (Å²) in [4.78, 5) is 30.0. The van der Waals surface area contributed by atoms with E-state index in [0.717, 1.165) is 0 Å². The van der Waals surface area contributed by atoms with Crippen LogP contribution in [-0.2, 0) is 11.8 Å². The van der Waals surface area contributed by atoms with Crippen LogP contribution < -0.4 is 0 Å². The van der Waals surface area contributed by atoms with Crippen molar-refractivity contribution >= 4 is 22.9 Å². The number of hydrogen-bond donors (Lipinski definition) is 1. The fraction of sp³-hybridized carbons (Fsp3) is 0.500. The minimum Gasteiger partial charge on any atom is -0.480 e. The van der Waals surface area contributed by atoms with Crippen molar-refractivity contribution in [1.82, 2.24) is 19.7 Å². The SMILES string of the molecule is CCC(C)N(CC(=O)O)C(=O)c1cc(C)nc2c1c(C)nn2C. The molecule has 2 heterocycles. The Morgan fingerprint density at radius 2 is 2.04 bits per heavy atom. The first-order valence-electron chi connectivity index (χ1n) is 7.60. The van der Waals surface area contributed by atoms with Crippen LogP contribution in [0.4, 0.5) is 0 Å². The number of fused-ring (bicyclic) bond motifs is 1. The van der Waals surface area contributed by atoms with Crippen LogP contribution in [0.5, 0.6) is 0 Å². The molecule has 7 nitrogen and oxygen atoms in total. The third-order valence-electron chi connectivity index (χ3n) is 4.02. The number of carboxylic acid groups (broad SMARTS) is 1. The van der Waals surface area contributed by atoms with Gasteiger partial charge >= 0.3 is 5.97 Å². The molecule has 0 saturated heterocycles. The van der Waals surface area contributed by atoms with Gasteiger partial charge in [0.1, 0.15) is 6.54 Å². The molecule has 0 fully saturated rings. The van der Waals surface area contributed by atoms with E-state index >= 15 is 0 Å². The molecule has 7 heteroatoms. The number of hydrogen-bond acceptors (Lipinski definition) is 4. The number of amides is 1. The lowest BCUT2D eigenvalue weighted by molar-refractivity contribution is -0.138. The first-order valence-corrected chi connectivity index (χ1v) is 7.60. The molecule has 0 saturated carbocycles. The molecule has 2 aromatic rings. The van der Waals surface area contributed by atoms with Gasteiger partial charge in [-0.25, -0.2) is 4.98 Å². The molecule has 0 aliphatic carbocycles. The molecule has 1 unspecified atom stereocenters. The summed E-state index contributed by atoms with van der Waals surface area (Å²) in [5.74, 6) is -1.32. The Balaban J connectivity index is 2.61. The maximum Gasteiger partial charge on any atom is 0.323 e. The van der Waals surface area contributed by atoms with Gasteiger partial charge in [-0.05, 0) is 33.3 Å². The number of pyridine rings is 1. The zero-order chi connectivity index (χ0) is 17.3. The number of carbonyl (C=O) groups excluding carboxylic acids is 1. The summed E-state index contributed by atoms with van der Waals surface area (Å²) in [7, 11) is 1.78. The van der Waals surface area contributed by atoms with E-state index in [4.69, 9.17) is 5.11 Å². The maximum atomic E-state index is 13.0. The van der Waals surface area contributed by atoms with E-state index < -0.39 is 5.97 Å². The number of carboxylic acids is 1. The number of nitrogens with zero attached hydrogens (tertiary/aromatic N) is 4. The second kappa shape index (κ2) is 6.36. The van der Waals surface area contributed by atoms with Crippen LogP contribution in [0.2, 0.25) is 0 Å². The highest BCUT2D eigenvalue weighted by atomic mass is 16.4. The molecule has 0 radical (unpaired) electrons. The second-order valence-electron chi connectivity index (χ2n) is 5.80.